The molecule has 2 heterocycles. The van der Waals surface area contributed by atoms with Crippen LogP contribution in [0, 0.1) is 6.92 Å². The minimum Gasteiger partial charge on any atom is -0.339 e. The Labute approximate surface area is 141 Å². The lowest BCUT2D eigenvalue weighted by Crippen LogP contribution is -2.44. The van der Waals surface area contributed by atoms with Crippen molar-refractivity contribution in [2.24, 2.45) is 5.73 Å². The van der Waals surface area contributed by atoms with Crippen molar-refractivity contribution in [1.82, 2.24) is 15.0 Å². The van der Waals surface area contributed by atoms with Crippen LogP contribution in [0.25, 0.3) is 0 Å². The van der Waals surface area contributed by atoms with Crippen LogP contribution in [0.5, 0.6) is 0 Å². The lowest BCUT2D eigenvalue weighted by molar-refractivity contribution is -0.128. The zero-order valence-electron chi connectivity index (χ0n) is 13.9. The first kappa shape index (κ1) is 15.3. The predicted molar refractivity (Wildman–Crippen MR) is 88.0 cm³/mol. The number of carbonyl (C=O) groups is 1. The van der Waals surface area contributed by atoms with Gasteiger partial charge in [-0.1, -0.05) is 35.0 Å². The van der Waals surface area contributed by atoms with E-state index in [9.17, 15) is 4.79 Å². The fraction of sp³-hybridized carbons (Fsp3) is 0.500. The largest absolute Gasteiger partial charge is 0.339 e. The van der Waals surface area contributed by atoms with Crippen molar-refractivity contribution >= 4 is 5.91 Å². The highest BCUT2D eigenvalue weighted by atomic mass is 16.5. The Hall–Kier alpha value is -2.21. The molecule has 1 atom stereocenters. The first-order chi connectivity index (χ1) is 11.5. The summed E-state index contributed by atoms with van der Waals surface area (Å²) < 4.78 is 5.41. The lowest BCUT2D eigenvalue weighted by Gasteiger charge is -2.34. The normalized spacial score (nSPS) is 22.7. The summed E-state index contributed by atoms with van der Waals surface area (Å²) in [4.78, 5) is 18.7. The highest BCUT2D eigenvalue weighted by Gasteiger charge is 2.41. The molecule has 0 spiro atoms. The number of hydrogen-bond acceptors (Lipinski definition) is 5. The van der Waals surface area contributed by atoms with Crippen LogP contribution >= 0.6 is 0 Å². The number of carbonyl (C=O) groups excluding carboxylic acids is 1. The van der Waals surface area contributed by atoms with Gasteiger partial charge in [0.05, 0.1) is 11.5 Å². The van der Waals surface area contributed by atoms with Crippen molar-refractivity contribution in [3.8, 4) is 0 Å². The molecular weight excluding hydrogens is 304 g/mol. The highest BCUT2D eigenvalue weighted by Crippen LogP contribution is 2.38. The first-order valence-corrected chi connectivity index (χ1v) is 8.50. The zero-order chi connectivity index (χ0) is 16.7. The molecule has 2 aliphatic rings. The van der Waals surface area contributed by atoms with Gasteiger partial charge in [0, 0.05) is 19.5 Å². The van der Waals surface area contributed by atoms with E-state index < -0.39 is 5.54 Å². The number of nitrogens with zero attached hydrogens (tertiary/aromatic N) is 3. The summed E-state index contributed by atoms with van der Waals surface area (Å²) in [5.41, 5.74) is 8.17. The number of nitrogens with two attached hydrogens (primary N) is 1. The van der Waals surface area contributed by atoms with E-state index in [-0.39, 0.29) is 11.8 Å². The topological polar surface area (TPSA) is 85.2 Å². The Balaban J connectivity index is 1.45. The SMILES string of the molecule is Cc1ccc(CN2CC(c3nc(C4(N)CCC4)no3)CC2=O)cc1. The molecule has 2 fully saturated rings. The molecule has 2 aromatic rings. The van der Waals surface area contributed by atoms with Crippen molar-refractivity contribution in [3.05, 3.63) is 47.1 Å². The quantitative estimate of drug-likeness (QED) is 0.931. The van der Waals surface area contributed by atoms with Gasteiger partial charge in [-0.3, -0.25) is 4.79 Å². The highest BCUT2D eigenvalue weighted by molar-refractivity contribution is 5.79. The maximum Gasteiger partial charge on any atom is 0.232 e. The summed E-state index contributed by atoms with van der Waals surface area (Å²) >= 11 is 0. The molecule has 1 saturated carbocycles. The zero-order valence-corrected chi connectivity index (χ0v) is 13.9. The van der Waals surface area contributed by atoms with Gasteiger partial charge >= 0.3 is 0 Å². The fourth-order valence-corrected chi connectivity index (χ4v) is 3.39. The molecule has 126 valence electrons. The number of aromatic nitrogens is 2. The van der Waals surface area contributed by atoms with Crippen LogP contribution in [0.15, 0.2) is 28.8 Å². The smallest absolute Gasteiger partial charge is 0.232 e. The van der Waals surface area contributed by atoms with Crippen molar-refractivity contribution < 1.29 is 9.32 Å². The summed E-state index contributed by atoms with van der Waals surface area (Å²) in [5, 5.41) is 4.06. The van der Waals surface area contributed by atoms with E-state index >= 15 is 0 Å². The Kier molecular flexibility index (Phi) is 3.64. The molecular formula is C18H22N4O2. The minimum absolute atomic E-state index is 0.0344. The molecule has 1 aliphatic heterocycles. The molecule has 1 amide bonds. The van der Waals surface area contributed by atoms with Gasteiger partial charge < -0.3 is 15.2 Å². The molecule has 1 aromatic heterocycles. The summed E-state index contributed by atoms with van der Waals surface area (Å²) in [6, 6.07) is 8.26. The van der Waals surface area contributed by atoms with Crippen LogP contribution in [0.3, 0.4) is 0 Å². The van der Waals surface area contributed by atoms with Crippen LogP contribution in [-0.2, 0) is 16.9 Å². The Morgan fingerprint density at radius 3 is 2.75 bits per heavy atom. The van der Waals surface area contributed by atoms with Gasteiger partial charge in [0.25, 0.3) is 0 Å². The molecule has 1 saturated heterocycles. The predicted octanol–water partition coefficient (Wildman–Crippen LogP) is 2.23. The maximum absolute atomic E-state index is 12.3. The van der Waals surface area contributed by atoms with Crippen molar-refractivity contribution in [2.45, 2.75) is 50.6 Å². The third-order valence-corrected chi connectivity index (χ3v) is 5.19. The molecule has 0 bridgehead atoms. The maximum atomic E-state index is 12.3. The van der Waals surface area contributed by atoms with Gasteiger partial charge in [-0.25, -0.2) is 0 Å². The summed E-state index contributed by atoms with van der Waals surface area (Å²) in [6.45, 7) is 3.30. The molecule has 0 radical (unpaired) electrons. The van der Waals surface area contributed by atoms with E-state index in [0.29, 0.717) is 31.2 Å². The first-order valence-electron chi connectivity index (χ1n) is 8.50. The van der Waals surface area contributed by atoms with Crippen LogP contribution < -0.4 is 5.73 Å². The minimum atomic E-state index is -0.425. The number of amides is 1. The second-order valence-electron chi connectivity index (χ2n) is 7.13. The molecule has 6 heteroatoms. The van der Waals surface area contributed by atoms with Crippen LogP contribution in [0.4, 0.5) is 0 Å². The molecule has 6 nitrogen and oxygen atoms in total. The standard InChI is InChI=1S/C18H22N4O2/c1-12-3-5-13(6-4-12)10-22-11-14(9-15(22)23)16-20-17(21-24-16)18(19)7-2-8-18/h3-6,14H,2,7-11,19H2,1H3. The van der Waals surface area contributed by atoms with Gasteiger partial charge in [0.1, 0.15) is 0 Å². The third kappa shape index (κ3) is 2.71. The molecule has 1 unspecified atom stereocenters. The molecule has 4 rings (SSSR count). The summed E-state index contributed by atoms with van der Waals surface area (Å²) in [6.07, 6.45) is 3.32. The Morgan fingerprint density at radius 2 is 2.08 bits per heavy atom. The van der Waals surface area contributed by atoms with Crippen molar-refractivity contribution in [2.75, 3.05) is 6.54 Å². The van der Waals surface area contributed by atoms with E-state index in [4.69, 9.17) is 10.3 Å². The average molecular weight is 326 g/mol. The number of likely N-dealkylation sites (tertiary alicyclic amines) is 1. The fourth-order valence-electron chi connectivity index (χ4n) is 3.39. The second-order valence-corrected chi connectivity index (χ2v) is 7.13. The van der Waals surface area contributed by atoms with Crippen LogP contribution in [-0.4, -0.2) is 27.5 Å². The van der Waals surface area contributed by atoms with Gasteiger partial charge in [-0.05, 0) is 31.7 Å². The Bertz CT molecular complexity index is 749. The molecule has 1 aliphatic carbocycles. The van der Waals surface area contributed by atoms with E-state index in [2.05, 4.69) is 41.3 Å². The Morgan fingerprint density at radius 1 is 1.33 bits per heavy atom. The van der Waals surface area contributed by atoms with E-state index in [1.807, 2.05) is 4.90 Å². The van der Waals surface area contributed by atoms with Gasteiger partial charge in [0.2, 0.25) is 11.8 Å². The van der Waals surface area contributed by atoms with E-state index in [1.165, 1.54) is 5.56 Å². The summed E-state index contributed by atoms with van der Waals surface area (Å²) in [7, 11) is 0. The van der Waals surface area contributed by atoms with Gasteiger partial charge in [0.15, 0.2) is 5.82 Å². The van der Waals surface area contributed by atoms with Gasteiger partial charge in [-0.15, -0.1) is 0 Å². The van der Waals surface area contributed by atoms with Crippen LogP contribution in [0.1, 0.15) is 54.4 Å². The lowest BCUT2D eigenvalue weighted by atomic mass is 9.77. The van der Waals surface area contributed by atoms with E-state index in [1.54, 1.807) is 0 Å². The monoisotopic (exact) mass is 326 g/mol. The third-order valence-electron chi connectivity index (χ3n) is 5.19. The van der Waals surface area contributed by atoms with E-state index in [0.717, 1.165) is 24.8 Å². The molecule has 1 aromatic carbocycles. The van der Waals surface area contributed by atoms with Crippen LogP contribution in [0.2, 0.25) is 0 Å². The van der Waals surface area contributed by atoms with Crippen molar-refractivity contribution in [1.29, 1.82) is 0 Å². The molecule has 24 heavy (non-hydrogen) atoms. The number of rotatable bonds is 4. The number of aryl methyl sites for hydroxylation is 1. The number of hydrogen-bond donors (Lipinski definition) is 1. The van der Waals surface area contributed by atoms with Crippen molar-refractivity contribution in [3.63, 3.8) is 0 Å². The number of benzene rings is 1. The average Bonchev–Trinajstić information content (AvgIpc) is 3.15. The van der Waals surface area contributed by atoms with Gasteiger partial charge in [-0.2, -0.15) is 4.98 Å². The summed E-state index contributed by atoms with van der Waals surface area (Å²) in [5.74, 6) is 1.23. The second kappa shape index (κ2) is 5.70. The molecule has 2 N–H and O–H groups in total.